The molecule has 1 atom stereocenters. The predicted molar refractivity (Wildman–Crippen MR) is 88.3 cm³/mol. The highest BCUT2D eigenvalue weighted by atomic mass is 79.9. The molecule has 21 heavy (non-hydrogen) atoms. The van der Waals surface area contributed by atoms with E-state index in [1.165, 1.54) is 12.1 Å². The molecule has 0 amide bonds. The van der Waals surface area contributed by atoms with Crippen molar-refractivity contribution in [3.05, 3.63) is 68.1 Å². The van der Waals surface area contributed by atoms with Gasteiger partial charge in [-0.1, -0.05) is 35.0 Å². The Kier molecular flexibility index (Phi) is 5.90. The van der Waals surface area contributed by atoms with Crippen molar-refractivity contribution in [2.24, 2.45) is 0 Å². The van der Waals surface area contributed by atoms with E-state index in [4.69, 9.17) is 0 Å². The molecule has 2 rings (SSSR count). The Balaban J connectivity index is 2.33. The largest absolute Gasteiger partial charge is 0.310 e. The van der Waals surface area contributed by atoms with Crippen molar-refractivity contribution in [3.8, 4) is 0 Å². The lowest BCUT2D eigenvalue weighted by molar-refractivity contribution is 0.507. The third-order valence-corrected chi connectivity index (χ3v) is 4.52. The molecule has 0 spiro atoms. The molecular weight excluding hydrogens is 404 g/mol. The molecule has 0 aliphatic heterocycles. The maximum atomic E-state index is 14.1. The van der Waals surface area contributed by atoms with Gasteiger partial charge in [-0.2, -0.15) is 0 Å². The summed E-state index contributed by atoms with van der Waals surface area (Å²) in [7, 11) is 0. The minimum atomic E-state index is -0.300. The van der Waals surface area contributed by atoms with Gasteiger partial charge < -0.3 is 5.32 Å². The zero-order valence-corrected chi connectivity index (χ0v) is 14.6. The summed E-state index contributed by atoms with van der Waals surface area (Å²) in [6.45, 7) is 2.69. The number of likely N-dealkylation sites (N-methyl/N-ethyl adjacent to an activating group) is 1. The van der Waals surface area contributed by atoms with Crippen LogP contribution < -0.4 is 5.32 Å². The van der Waals surface area contributed by atoms with Crippen LogP contribution in [0.1, 0.15) is 24.1 Å². The fraction of sp³-hybridized carbons (Fsp3) is 0.250. The fourth-order valence-electron chi connectivity index (χ4n) is 2.27. The van der Waals surface area contributed by atoms with Gasteiger partial charge in [0, 0.05) is 16.1 Å². The molecule has 0 aliphatic carbocycles. The second kappa shape index (κ2) is 7.47. The first kappa shape index (κ1) is 16.6. The van der Waals surface area contributed by atoms with E-state index in [1.807, 2.05) is 13.0 Å². The molecule has 0 radical (unpaired) electrons. The molecule has 0 bridgehead atoms. The van der Waals surface area contributed by atoms with E-state index >= 15 is 0 Å². The molecule has 2 aromatic rings. The summed E-state index contributed by atoms with van der Waals surface area (Å²) in [5, 5.41) is 3.28. The van der Waals surface area contributed by atoms with Crippen LogP contribution in [0.25, 0.3) is 0 Å². The summed E-state index contributed by atoms with van der Waals surface area (Å²) in [6.07, 6.45) is 0.576. The molecule has 0 saturated carbocycles. The van der Waals surface area contributed by atoms with Gasteiger partial charge in [-0.05, 0) is 58.7 Å². The minimum Gasteiger partial charge on any atom is -0.310 e. The van der Waals surface area contributed by atoms with Gasteiger partial charge in [-0.25, -0.2) is 8.78 Å². The van der Waals surface area contributed by atoms with Crippen LogP contribution in [0.3, 0.4) is 0 Å². The second-order valence-corrected chi connectivity index (χ2v) is 6.41. The van der Waals surface area contributed by atoms with Crippen LogP contribution in [0.5, 0.6) is 0 Å². The average Bonchev–Trinajstić information content (AvgIpc) is 2.43. The fourth-order valence-corrected chi connectivity index (χ4v) is 3.31. The summed E-state index contributed by atoms with van der Waals surface area (Å²) in [4.78, 5) is 0. The van der Waals surface area contributed by atoms with E-state index in [0.29, 0.717) is 23.0 Å². The summed E-state index contributed by atoms with van der Waals surface area (Å²) in [5.41, 5.74) is 1.53. The Morgan fingerprint density at radius 2 is 1.81 bits per heavy atom. The summed E-state index contributed by atoms with van der Waals surface area (Å²) < 4.78 is 28.6. The first-order valence-corrected chi connectivity index (χ1v) is 8.22. The monoisotopic (exact) mass is 417 g/mol. The van der Waals surface area contributed by atoms with E-state index < -0.39 is 0 Å². The van der Waals surface area contributed by atoms with Crippen LogP contribution in [0, 0.1) is 11.6 Å². The maximum Gasteiger partial charge on any atom is 0.137 e. The Bertz CT molecular complexity index is 611. The lowest BCUT2D eigenvalue weighted by atomic mass is 9.98. The lowest BCUT2D eigenvalue weighted by Gasteiger charge is -2.20. The van der Waals surface area contributed by atoms with E-state index in [2.05, 4.69) is 37.2 Å². The Labute approximate surface area is 140 Å². The van der Waals surface area contributed by atoms with Crippen LogP contribution in [-0.2, 0) is 6.42 Å². The highest BCUT2D eigenvalue weighted by Crippen LogP contribution is 2.29. The smallest absolute Gasteiger partial charge is 0.137 e. The molecule has 1 unspecified atom stereocenters. The first-order chi connectivity index (χ1) is 10.0. The van der Waals surface area contributed by atoms with E-state index in [0.717, 1.165) is 10.0 Å². The minimum absolute atomic E-state index is 0.178. The third kappa shape index (κ3) is 4.11. The highest BCUT2D eigenvalue weighted by molar-refractivity contribution is 9.10. The second-order valence-electron chi connectivity index (χ2n) is 4.70. The molecule has 2 aromatic carbocycles. The molecule has 0 saturated heterocycles. The Morgan fingerprint density at radius 1 is 1.05 bits per heavy atom. The molecule has 1 nitrogen and oxygen atoms in total. The van der Waals surface area contributed by atoms with Gasteiger partial charge in [0.15, 0.2) is 0 Å². The molecule has 0 aromatic heterocycles. The Morgan fingerprint density at radius 3 is 2.43 bits per heavy atom. The van der Waals surface area contributed by atoms with Crippen molar-refractivity contribution >= 4 is 31.9 Å². The van der Waals surface area contributed by atoms with E-state index in [1.54, 1.807) is 18.2 Å². The van der Waals surface area contributed by atoms with Gasteiger partial charge >= 0.3 is 0 Å². The Hall–Kier alpha value is -0.780. The van der Waals surface area contributed by atoms with Crippen LogP contribution in [0.2, 0.25) is 0 Å². The number of benzene rings is 2. The SMILES string of the molecule is CCNC(Cc1ccc(F)c(Br)c1)c1c(F)cccc1Br. The molecule has 5 heteroatoms. The van der Waals surface area contributed by atoms with Crippen LogP contribution in [0.15, 0.2) is 45.3 Å². The predicted octanol–water partition coefficient (Wildman–Crippen LogP) is 5.38. The first-order valence-electron chi connectivity index (χ1n) is 6.64. The molecule has 1 N–H and O–H groups in total. The molecule has 0 aliphatic rings. The van der Waals surface area contributed by atoms with Crippen molar-refractivity contribution in [2.75, 3.05) is 6.54 Å². The van der Waals surface area contributed by atoms with Crippen molar-refractivity contribution in [2.45, 2.75) is 19.4 Å². The summed E-state index contributed by atoms with van der Waals surface area (Å²) in [6, 6.07) is 9.63. The van der Waals surface area contributed by atoms with E-state index in [-0.39, 0.29) is 17.7 Å². The average molecular weight is 419 g/mol. The topological polar surface area (TPSA) is 12.0 Å². The van der Waals surface area contributed by atoms with Gasteiger partial charge in [-0.3, -0.25) is 0 Å². The van der Waals surface area contributed by atoms with Crippen LogP contribution >= 0.6 is 31.9 Å². The quantitative estimate of drug-likeness (QED) is 0.686. The number of hydrogen-bond donors (Lipinski definition) is 1. The lowest BCUT2D eigenvalue weighted by Crippen LogP contribution is -2.24. The van der Waals surface area contributed by atoms with E-state index in [9.17, 15) is 8.78 Å². The molecule has 112 valence electrons. The summed E-state index contributed by atoms with van der Waals surface area (Å²) >= 11 is 6.59. The van der Waals surface area contributed by atoms with Gasteiger partial charge in [0.1, 0.15) is 11.6 Å². The number of nitrogens with one attached hydrogen (secondary N) is 1. The van der Waals surface area contributed by atoms with Crippen LogP contribution in [-0.4, -0.2) is 6.54 Å². The van der Waals surface area contributed by atoms with Gasteiger partial charge in [0.2, 0.25) is 0 Å². The highest BCUT2D eigenvalue weighted by Gasteiger charge is 2.18. The van der Waals surface area contributed by atoms with Gasteiger partial charge in [0.25, 0.3) is 0 Å². The van der Waals surface area contributed by atoms with Gasteiger partial charge in [-0.15, -0.1) is 0 Å². The van der Waals surface area contributed by atoms with Crippen molar-refractivity contribution < 1.29 is 8.78 Å². The number of hydrogen-bond acceptors (Lipinski definition) is 1. The van der Waals surface area contributed by atoms with Crippen LogP contribution in [0.4, 0.5) is 8.78 Å². The third-order valence-electron chi connectivity index (χ3n) is 3.22. The van der Waals surface area contributed by atoms with Crippen molar-refractivity contribution in [3.63, 3.8) is 0 Å². The standard InChI is InChI=1S/C16H15Br2F2N/c1-2-21-15(16-11(17)4-3-5-14(16)20)9-10-6-7-13(19)12(18)8-10/h3-8,15,21H,2,9H2,1H3. The van der Waals surface area contributed by atoms with Gasteiger partial charge in [0.05, 0.1) is 4.47 Å². The zero-order valence-electron chi connectivity index (χ0n) is 11.5. The van der Waals surface area contributed by atoms with Crippen molar-refractivity contribution in [1.82, 2.24) is 5.32 Å². The van der Waals surface area contributed by atoms with Crippen molar-refractivity contribution in [1.29, 1.82) is 0 Å². The maximum absolute atomic E-state index is 14.1. The summed E-state index contributed by atoms with van der Waals surface area (Å²) in [5.74, 6) is -0.553. The number of halogens is 4. The molecular formula is C16H15Br2F2N. The molecule has 0 fully saturated rings. The number of rotatable bonds is 5. The molecule has 0 heterocycles. The zero-order chi connectivity index (χ0) is 15.4. The normalized spacial score (nSPS) is 12.4.